The molecule has 0 aromatic carbocycles. The summed E-state index contributed by atoms with van der Waals surface area (Å²) in [5.74, 6) is 2.32. The monoisotopic (exact) mass is 300 g/mol. The molecule has 1 saturated heterocycles. The number of rotatable bonds is 4. The maximum absolute atomic E-state index is 5.92. The van der Waals surface area contributed by atoms with E-state index in [0.717, 1.165) is 43.2 Å². The van der Waals surface area contributed by atoms with Crippen molar-refractivity contribution in [2.75, 3.05) is 25.1 Å². The molecule has 0 amide bonds. The highest BCUT2D eigenvalue weighted by Gasteiger charge is 2.23. The average Bonchev–Trinajstić information content (AvgIpc) is 2.56. The van der Waals surface area contributed by atoms with Crippen molar-refractivity contribution in [3.63, 3.8) is 0 Å². The van der Waals surface area contributed by atoms with Gasteiger partial charge in [0.25, 0.3) is 0 Å². The SMILES string of the molecule is COc1cccnc1N1CCC(Oc2cncc(C)n2)CC1. The number of ether oxygens (including phenoxy) is 2. The molecule has 1 fully saturated rings. The first-order valence-electron chi connectivity index (χ1n) is 7.45. The highest BCUT2D eigenvalue weighted by molar-refractivity contribution is 5.52. The Balaban J connectivity index is 1.60. The zero-order valence-electron chi connectivity index (χ0n) is 12.9. The maximum atomic E-state index is 5.92. The fraction of sp³-hybridized carbons (Fsp3) is 0.438. The fourth-order valence-corrected chi connectivity index (χ4v) is 2.63. The van der Waals surface area contributed by atoms with Gasteiger partial charge in [-0.05, 0) is 19.1 Å². The molecule has 116 valence electrons. The van der Waals surface area contributed by atoms with Crippen LogP contribution in [0.2, 0.25) is 0 Å². The number of nitrogens with zero attached hydrogens (tertiary/aromatic N) is 4. The molecule has 22 heavy (non-hydrogen) atoms. The largest absolute Gasteiger partial charge is 0.493 e. The minimum atomic E-state index is 0.169. The van der Waals surface area contributed by atoms with Crippen LogP contribution in [0.5, 0.6) is 11.6 Å². The van der Waals surface area contributed by atoms with Gasteiger partial charge in [0.1, 0.15) is 6.10 Å². The van der Waals surface area contributed by atoms with E-state index in [1.54, 1.807) is 25.7 Å². The van der Waals surface area contributed by atoms with Gasteiger partial charge in [0.2, 0.25) is 5.88 Å². The van der Waals surface area contributed by atoms with Crippen LogP contribution in [-0.2, 0) is 0 Å². The predicted octanol–water partition coefficient (Wildman–Crippen LogP) is 2.24. The summed E-state index contributed by atoms with van der Waals surface area (Å²) in [5, 5.41) is 0. The highest BCUT2D eigenvalue weighted by Crippen LogP contribution is 2.28. The quantitative estimate of drug-likeness (QED) is 0.863. The van der Waals surface area contributed by atoms with E-state index in [9.17, 15) is 0 Å². The van der Waals surface area contributed by atoms with Gasteiger partial charge in [0, 0.05) is 38.3 Å². The minimum Gasteiger partial charge on any atom is -0.493 e. The molecule has 0 atom stereocenters. The Bertz CT molecular complexity index is 627. The minimum absolute atomic E-state index is 0.169. The second kappa shape index (κ2) is 6.60. The lowest BCUT2D eigenvalue weighted by atomic mass is 10.1. The summed E-state index contributed by atoms with van der Waals surface area (Å²) in [6, 6.07) is 3.82. The summed E-state index contributed by atoms with van der Waals surface area (Å²) in [6.07, 6.45) is 7.21. The van der Waals surface area contributed by atoms with E-state index >= 15 is 0 Å². The summed E-state index contributed by atoms with van der Waals surface area (Å²) in [4.78, 5) is 15.1. The summed E-state index contributed by atoms with van der Waals surface area (Å²) in [7, 11) is 1.67. The van der Waals surface area contributed by atoms with Gasteiger partial charge >= 0.3 is 0 Å². The van der Waals surface area contributed by atoms with E-state index in [1.165, 1.54) is 0 Å². The summed E-state index contributed by atoms with van der Waals surface area (Å²) in [6.45, 7) is 3.68. The van der Waals surface area contributed by atoms with Crippen molar-refractivity contribution in [3.8, 4) is 11.6 Å². The van der Waals surface area contributed by atoms with Gasteiger partial charge in [-0.3, -0.25) is 4.98 Å². The van der Waals surface area contributed by atoms with Crippen molar-refractivity contribution in [2.45, 2.75) is 25.9 Å². The molecule has 0 spiro atoms. The van der Waals surface area contributed by atoms with Gasteiger partial charge in [-0.1, -0.05) is 0 Å². The van der Waals surface area contributed by atoms with Gasteiger partial charge < -0.3 is 14.4 Å². The van der Waals surface area contributed by atoms with E-state index in [2.05, 4.69) is 19.9 Å². The average molecular weight is 300 g/mol. The third-order valence-corrected chi connectivity index (χ3v) is 3.73. The van der Waals surface area contributed by atoms with E-state index < -0.39 is 0 Å². The number of aryl methyl sites for hydroxylation is 1. The number of hydrogen-bond acceptors (Lipinski definition) is 6. The summed E-state index contributed by atoms with van der Waals surface area (Å²) in [5.41, 5.74) is 0.869. The second-order valence-electron chi connectivity index (χ2n) is 5.33. The van der Waals surface area contributed by atoms with Crippen LogP contribution >= 0.6 is 0 Å². The Morgan fingerprint density at radius 2 is 2.05 bits per heavy atom. The molecular weight excluding hydrogens is 280 g/mol. The number of pyridine rings is 1. The molecule has 0 N–H and O–H groups in total. The smallest absolute Gasteiger partial charge is 0.232 e. The molecule has 0 radical (unpaired) electrons. The molecule has 6 nitrogen and oxygen atoms in total. The van der Waals surface area contributed by atoms with E-state index in [1.807, 2.05) is 19.1 Å². The first-order valence-corrected chi connectivity index (χ1v) is 7.45. The molecular formula is C16H20N4O2. The number of anilines is 1. The first kappa shape index (κ1) is 14.6. The molecule has 3 heterocycles. The topological polar surface area (TPSA) is 60.4 Å². The van der Waals surface area contributed by atoms with Crippen LogP contribution < -0.4 is 14.4 Å². The number of aromatic nitrogens is 3. The van der Waals surface area contributed by atoms with Crippen molar-refractivity contribution in [2.24, 2.45) is 0 Å². The van der Waals surface area contributed by atoms with Crippen molar-refractivity contribution in [3.05, 3.63) is 36.4 Å². The Kier molecular flexibility index (Phi) is 4.37. The molecule has 0 aliphatic carbocycles. The van der Waals surface area contributed by atoms with Crippen LogP contribution in [0.3, 0.4) is 0 Å². The normalized spacial score (nSPS) is 15.6. The molecule has 1 aliphatic heterocycles. The van der Waals surface area contributed by atoms with Crippen molar-refractivity contribution in [1.29, 1.82) is 0 Å². The van der Waals surface area contributed by atoms with Gasteiger partial charge in [0.15, 0.2) is 11.6 Å². The van der Waals surface area contributed by atoms with Crippen LogP contribution in [-0.4, -0.2) is 41.3 Å². The third kappa shape index (κ3) is 3.27. The van der Waals surface area contributed by atoms with Crippen molar-refractivity contribution in [1.82, 2.24) is 15.0 Å². The molecule has 3 rings (SSSR count). The van der Waals surface area contributed by atoms with Crippen LogP contribution in [0.1, 0.15) is 18.5 Å². The van der Waals surface area contributed by atoms with Crippen LogP contribution in [0.25, 0.3) is 0 Å². The molecule has 0 bridgehead atoms. The first-order chi connectivity index (χ1) is 10.8. The van der Waals surface area contributed by atoms with E-state index in [-0.39, 0.29) is 6.10 Å². The Labute approximate surface area is 130 Å². The zero-order valence-corrected chi connectivity index (χ0v) is 12.9. The lowest BCUT2D eigenvalue weighted by Crippen LogP contribution is -2.39. The standard InChI is InChI=1S/C16H20N4O2/c1-12-10-17-11-15(19-12)22-13-5-8-20(9-6-13)16-14(21-2)4-3-7-18-16/h3-4,7,10-11,13H,5-6,8-9H2,1-2H3. The highest BCUT2D eigenvalue weighted by atomic mass is 16.5. The van der Waals surface area contributed by atoms with Crippen LogP contribution in [0, 0.1) is 6.92 Å². The van der Waals surface area contributed by atoms with E-state index in [0.29, 0.717) is 5.88 Å². The Hall–Kier alpha value is -2.37. The van der Waals surface area contributed by atoms with Crippen LogP contribution in [0.15, 0.2) is 30.7 Å². The second-order valence-corrected chi connectivity index (χ2v) is 5.33. The predicted molar refractivity (Wildman–Crippen MR) is 83.4 cm³/mol. The van der Waals surface area contributed by atoms with Crippen molar-refractivity contribution < 1.29 is 9.47 Å². The summed E-state index contributed by atoms with van der Waals surface area (Å²) < 4.78 is 11.3. The molecule has 2 aromatic heterocycles. The van der Waals surface area contributed by atoms with Gasteiger partial charge in [0.05, 0.1) is 19.0 Å². The maximum Gasteiger partial charge on any atom is 0.232 e. The van der Waals surface area contributed by atoms with Gasteiger partial charge in [-0.15, -0.1) is 0 Å². The lowest BCUT2D eigenvalue weighted by Gasteiger charge is -2.33. The third-order valence-electron chi connectivity index (χ3n) is 3.73. The summed E-state index contributed by atoms with van der Waals surface area (Å²) >= 11 is 0. The molecule has 1 aliphatic rings. The molecule has 0 saturated carbocycles. The zero-order chi connectivity index (χ0) is 15.4. The fourth-order valence-electron chi connectivity index (χ4n) is 2.63. The number of piperidine rings is 1. The molecule has 6 heteroatoms. The number of methoxy groups -OCH3 is 1. The van der Waals surface area contributed by atoms with E-state index in [4.69, 9.17) is 9.47 Å². The Morgan fingerprint density at radius 1 is 1.23 bits per heavy atom. The molecule has 2 aromatic rings. The Morgan fingerprint density at radius 3 is 2.77 bits per heavy atom. The van der Waals surface area contributed by atoms with Gasteiger partial charge in [-0.25, -0.2) is 9.97 Å². The van der Waals surface area contributed by atoms with Crippen LogP contribution in [0.4, 0.5) is 5.82 Å². The van der Waals surface area contributed by atoms with Gasteiger partial charge in [-0.2, -0.15) is 0 Å². The van der Waals surface area contributed by atoms with Crippen molar-refractivity contribution >= 4 is 5.82 Å². The molecule has 0 unspecified atom stereocenters. The number of hydrogen-bond donors (Lipinski definition) is 0. The lowest BCUT2D eigenvalue weighted by molar-refractivity contribution is 0.162.